The van der Waals surface area contributed by atoms with Crippen molar-refractivity contribution < 1.29 is 58.7 Å². The summed E-state index contributed by atoms with van der Waals surface area (Å²) in [7, 11) is 0. The zero-order chi connectivity index (χ0) is 23.0. The summed E-state index contributed by atoms with van der Waals surface area (Å²) < 4.78 is 5.24. The van der Waals surface area contributed by atoms with Crippen molar-refractivity contribution in [2.45, 2.75) is 56.7 Å². The van der Waals surface area contributed by atoms with E-state index < -0.39 is 36.1 Å². The number of hydrogen-bond donors (Lipinski definition) is 5. The molecule has 0 saturated carbocycles. The number of urea groups is 1. The average molecular weight is 462 g/mol. The molecule has 0 unspecified atom stereocenters. The van der Waals surface area contributed by atoms with E-state index in [-0.39, 0.29) is 66.6 Å². The molecule has 0 bridgehead atoms. The van der Waals surface area contributed by atoms with Crippen LogP contribution < -0.4 is 57.2 Å². The van der Waals surface area contributed by atoms with Gasteiger partial charge in [-0.15, -0.1) is 0 Å². The molecule has 1 aliphatic heterocycles. The van der Waals surface area contributed by atoms with E-state index in [4.69, 9.17) is 26.8 Å². The van der Waals surface area contributed by atoms with E-state index in [1.807, 2.05) is 0 Å². The van der Waals surface area contributed by atoms with Gasteiger partial charge in [-0.3, -0.25) is 9.79 Å². The van der Waals surface area contributed by atoms with Crippen LogP contribution in [0, 0.1) is 0 Å². The summed E-state index contributed by atoms with van der Waals surface area (Å²) in [4.78, 5) is 43.9. The van der Waals surface area contributed by atoms with Crippen LogP contribution in [0.25, 0.3) is 0 Å². The van der Waals surface area contributed by atoms with Crippen LogP contribution in [0.2, 0.25) is 0 Å². The van der Waals surface area contributed by atoms with Crippen LogP contribution in [0.4, 0.5) is 4.79 Å². The zero-order valence-corrected chi connectivity index (χ0v) is 19.9. The van der Waals surface area contributed by atoms with E-state index in [1.165, 1.54) is 4.90 Å². The third kappa shape index (κ3) is 8.26. The van der Waals surface area contributed by atoms with Crippen LogP contribution >= 0.6 is 0 Å². The minimum absolute atomic E-state index is 0. The van der Waals surface area contributed by atoms with Crippen molar-refractivity contribution in [3.8, 4) is 0 Å². The summed E-state index contributed by atoms with van der Waals surface area (Å²) in [6, 6.07) is -3.12. The van der Waals surface area contributed by atoms with Crippen LogP contribution in [-0.2, 0) is 9.59 Å². The summed E-state index contributed by atoms with van der Waals surface area (Å²) in [5.41, 5.74) is 16.5. The fraction of sp³-hybridized carbons (Fsp3) is 0.647. The molecule has 32 heavy (non-hydrogen) atoms. The SMILES string of the molecule is NC(N)=NCCC[C@H](NC(=O)N1CCC[C@H]1C(=O)[O-])c1nc([C@@H](N)CCC(=O)O)no1.[Na+]. The van der Waals surface area contributed by atoms with Gasteiger partial charge in [0.1, 0.15) is 6.04 Å². The average Bonchev–Trinajstić information content (AvgIpc) is 3.38. The van der Waals surface area contributed by atoms with Gasteiger partial charge in [-0.1, -0.05) is 5.16 Å². The van der Waals surface area contributed by atoms with Crippen LogP contribution in [0.3, 0.4) is 0 Å². The summed E-state index contributed by atoms with van der Waals surface area (Å²) in [6.45, 7) is 0.569. The summed E-state index contributed by atoms with van der Waals surface area (Å²) in [5.74, 6) is -2.23. The Kier molecular flexibility index (Phi) is 11.4. The molecule has 2 amide bonds. The van der Waals surface area contributed by atoms with Gasteiger partial charge in [0.25, 0.3) is 0 Å². The first-order valence-electron chi connectivity index (χ1n) is 9.83. The van der Waals surface area contributed by atoms with E-state index in [1.54, 1.807) is 0 Å². The second kappa shape index (κ2) is 13.2. The molecular formula is C17H27N8NaO6. The smallest absolute Gasteiger partial charge is 0.548 e. The van der Waals surface area contributed by atoms with Crippen LogP contribution in [0.15, 0.2) is 9.52 Å². The van der Waals surface area contributed by atoms with Crippen LogP contribution in [0.5, 0.6) is 0 Å². The third-order valence-electron chi connectivity index (χ3n) is 4.79. The van der Waals surface area contributed by atoms with E-state index >= 15 is 0 Å². The predicted molar refractivity (Wildman–Crippen MR) is 104 cm³/mol. The molecule has 2 heterocycles. The van der Waals surface area contributed by atoms with Gasteiger partial charge in [0.05, 0.1) is 18.1 Å². The Morgan fingerprint density at radius 2 is 2.06 bits per heavy atom. The van der Waals surface area contributed by atoms with Crippen molar-refractivity contribution in [3.63, 3.8) is 0 Å². The van der Waals surface area contributed by atoms with Gasteiger partial charge in [0, 0.05) is 19.5 Å². The molecule has 8 N–H and O–H groups in total. The number of nitrogens with one attached hydrogen (secondary N) is 1. The molecule has 14 nitrogen and oxygen atoms in total. The predicted octanol–water partition coefficient (Wildman–Crippen LogP) is -5.04. The molecule has 1 fully saturated rings. The quantitative estimate of drug-likeness (QED) is 0.0902. The van der Waals surface area contributed by atoms with E-state index in [9.17, 15) is 19.5 Å². The maximum Gasteiger partial charge on any atom is 1.00 e. The maximum absolute atomic E-state index is 12.7. The molecule has 1 aromatic heterocycles. The van der Waals surface area contributed by atoms with Gasteiger partial charge in [-0.05, 0) is 32.1 Å². The number of aliphatic carboxylic acids is 2. The Bertz CT molecular complexity index is 815. The largest absolute Gasteiger partial charge is 1.00 e. The Labute approximate surface area is 206 Å². The Balaban J connectivity index is 0.00000512. The molecular weight excluding hydrogens is 435 g/mol. The number of nitrogens with two attached hydrogens (primary N) is 3. The molecule has 0 spiro atoms. The minimum Gasteiger partial charge on any atom is -0.548 e. The molecule has 2 rings (SSSR count). The number of hydrogen-bond acceptors (Lipinski definition) is 9. The minimum atomic E-state index is -1.32. The standard InChI is InChI=1S/C17H28N8O6.Na/c18-9(5-6-12(26)27)13-23-14(31-24-13)10(3-1-7-21-16(19)20)22-17(30)25-8-2-4-11(25)15(28)29;/h9-11H,1-8,18H2,(H,22,30)(H,26,27)(H,28,29)(H4,19,20,21);/q;+1/p-1/t9-,10-,11-;/m0./s1. The molecule has 172 valence electrons. The fourth-order valence-electron chi connectivity index (χ4n) is 3.20. The molecule has 0 radical (unpaired) electrons. The van der Waals surface area contributed by atoms with E-state index in [0.29, 0.717) is 32.2 Å². The first-order chi connectivity index (χ1) is 14.7. The summed E-state index contributed by atoms with van der Waals surface area (Å²) in [5, 5.41) is 26.5. The first kappa shape index (κ1) is 27.6. The molecule has 0 aliphatic carbocycles. The van der Waals surface area contributed by atoms with E-state index in [2.05, 4.69) is 20.4 Å². The Hall–Kier alpha value is -2.42. The normalized spacial score (nSPS) is 17.2. The fourth-order valence-corrected chi connectivity index (χ4v) is 3.20. The summed E-state index contributed by atoms with van der Waals surface area (Å²) >= 11 is 0. The first-order valence-corrected chi connectivity index (χ1v) is 9.83. The molecule has 3 atom stereocenters. The van der Waals surface area contributed by atoms with Crippen LogP contribution in [0.1, 0.15) is 62.3 Å². The molecule has 1 aliphatic rings. The van der Waals surface area contributed by atoms with Gasteiger partial charge < -0.3 is 46.9 Å². The number of carboxylic acid groups (broad SMARTS) is 2. The second-order valence-electron chi connectivity index (χ2n) is 7.15. The molecule has 1 saturated heterocycles. The Morgan fingerprint density at radius 3 is 2.69 bits per heavy atom. The summed E-state index contributed by atoms with van der Waals surface area (Å²) in [6.07, 6.45) is 1.58. The number of amides is 2. The number of rotatable bonds is 11. The van der Waals surface area contributed by atoms with Gasteiger partial charge in [-0.2, -0.15) is 4.98 Å². The third-order valence-corrected chi connectivity index (χ3v) is 4.79. The number of aromatic nitrogens is 2. The number of nitrogens with zero attached hydrogens (tertiary/aromatic N) is 4. The molecule has 1 aromatic rings. The zero-order valence-electron chi connectivity index (χ0n) is 17.9. The van der Waals surface area contributed by atoms with Gasteiger partial charge in [-0.25, -0.2) is 4.79 Å². The maximum atomic E-state index is 12.7. The Morgan fingerprint density at radius 1 is 1.34 bits per heavy atom. The topological polar surface area (TPSA) is 239 Å². The number of carboxylic acids is 2. The number of likely N-dealkylation sites (tertiary alicyclic amines) is 1. The molecule has 15 heteroatoms. The van der Waals surface area contributed by atoms with Crippen LogP contribution in [-0.4, -0.2) is 63.2 Å². The number of aliphatic imine (C=N–C) groups is 1. The van der Waals surface area contributed by atoms with Crippen molar-refractivity contribution in [1.29, 1.82) is 0 Å². The van der Waals surface area contributed by atoms with Crippen molar-refractivity contribution in [2.75, 3.05) is 13.1 Å². The number of carbonyl (C=O) groups excluding carboxylic acids is 2. The molecule has 0 aromatic carbocycles. The number of guanidine groups is 1. The van der Waals surface area contributed by atoms with Gasteiger partial charge in [0.2, 0.25) is 5.89 Å². The second-order valence-corrected chi connectivity index (χ2v) is 7.15. The van der Waals surface area contributed by atoms with Crippen molar-refractivity contribution in [1.82, 2.24) is 20.4 Å². The van der Waals surface area contributed by atoms with E-state index in [0.717, 1.165) is 0 Å². The number of carbonyl (C=O) groups is 3. The van der Waals surface area contributed by atoms with Crippen molar-refractivity contribution in [2.24, 2.45) is 22.2 Å². The van der Waals surface area contributed by atoms with Gasteiger partial charge >= 0.3 is 41.6 Å². The van der Waals surface area contributed by atoms with Gasteiger partial charge in [0.15, 0.2) is 11.8 Å². The van der Waals surface area contributed by atoms with Crippen molar-refractivity contribution >= 4 is 23.9 Å². The monoisotopic (exact) mass is 462 g/mol. The van der Waals surface area contributed by atoms with Crippen molar-refractivity contribution in [3.05, 3.63) is 11.7 Å².